The van der Waals surface area contributed by atoms with Crippen LogP contribution in [0.5, 0.6) is 0 Å². The van der Waals surface area contributed by atoms with Crippen molar-refractivity contribution in [2.45, 2.75) is 5.44 Å². The Morgan fingerprint density at radius 1 is 1.88 bits per heavy atom. The van der Waals surface area contributed by atoms with E-state index in [4.69, 9.17) is 5.11 Å². The molecule has 0 radical (unpaired) electrons. The van der Waals surface area contributed by atoms with Gasteiger partial charge in [-0.1, -0.05) is 0 Å². The number of allylic oxidation sites excluding steroid dienone is 1. The summed E-state index contributed by atoms with van der Waals surface area (Å²) in [5.41, 5.74) is -0.465. The van der Waals surface area contributed by atoms with Crippen LogP contribution in [-0.2, 0) is 4.79 Å². The lowest BCUT2D eigenvalue weighted by molar-refractivity contribution is -0.112. The average molecular weight is 130 g/mol. The van der Waals surface area contributed by atoms with Crippen molar-refractivity contribution in [1.29, 1.82) is 0 Å². The Labute approximate surface area is 51.6 Å². The highest BCUT2D eigenvalue weighted by atomic mass is 32.2. The molecule has 0 saturated heterocycles. The maximum atomic E-state index is 10.4. The van der Waals surface area contributed by atoms with Gasteiger partial charge in [-0.25, -0.2) is 0 Å². The van der Waals surface area contributed by atoms with Gasteiger partial charge in [0.05, 0.1) is 5.75 Å². The molecule has 0 spiro atoms. The van der Waals surface area contributed by atoms with Gasteiger partial charge in [0.15, 0.2) is 5.78 Å². The van der Waals surface area contributed by atoms with E-state index in [2.05, 4.69) is 0 Å². The minimum atomic E-state index is -0.465. The van der Waals surface area contributed by atoms with Gasteiger partial charge in [-0.2, -0.15) is 0 Å². The molecule has 1 aliphatic heterocycles. The molecule has 0 aromatic rings. The van der Waals surface area contributed by atoms with E-state index in [0.29, 0.717) is 5.75 Å². The summed E-state index contributed by atoms with van der Waals surface area (Å²) in [6.07, 6.45) is 2.91. The van der Waals surface area contributed by atoms with Crippen LogP contribution < -0.4 is 0 Å². The fourth-order valence-corrected chi connectivity index (χ4v) is 1.08. The summed E-state index contributed by atoms with van der Waals surface area (Å²) in [6.45, 7) is 0. The number of carbonyl (C=O) groups is 1. The van der Waals surface area contributed by atoms with E-state index in [-0.39, 0.29) is 5.78 Å². The molecule has 0 aromatic heterocycles. The lowest BCUT2D eigenvalue weighted by atomic mass is 10.4. The topological polar surface area (TPSA) is 37.3 Å². The maximum Gasteiger partial charge on any atom is 0.165 e. The number of aliphatic hydroxyl groups is 1. The van der Waals surface area contributed by atoms with Gasteiger partial charge in [-0.05, 0) is 12.2 Å². The summed E-state index contributed by atoms with van der Waals surface area (Å²) >= 11 is 1.25. The van der Waals surface area contributed by atoms with Crippen molar-refractivity contribution < 1.29 is 9.90 Å². The first kappa shape index (κ1) is 5.85. The first-order valence-electron chi connectivity index (χ1n) is 2.30. The van der Waals surface area contributed by atoms with Gasteiger partial charge < -0.3 is 5.11 Å². The highest BCUT2D eigenvalue weighted by Gasteiger charge is 2.08. The minimum absolute atomic E-state index is 0.0836. The smallest absolute Gasteiger partial charge is 0.165 e. The minimum Gasteiger partial charge on any atom is -0.379 e. The molecule has 0 aliphatic carbocycles. The molecule has 1 aliphatic rings. The van der Waals surface area contributed by atoms with Crippen molar-refractivity contribution >= 4 is 17.5 Å². The summed E-state index contributed by atoms with van der Waals surface area (Å²) in [7, 11) is 0. The molecule has 0 saturated carbocycles. The van der Waals surface area contributed by atoms with Gasteiger partial charge in [-0.3, -0.25) is 4.79 Å². The fraction of sp³-hybridized carbons (Fsp3) is 0.400. The number of hydrogen-bond donors (Lipinski definition) is 1. The van der Waals surface area contributed by atoms with E-state index < -0.39 is 5.44 Å². The number of rotatable bonds is 0. The summed E-state index contributed by atoms with van der Waals surface area (Å²) < 4.78 is 0. The van der Waals surface area contributed by atoms with Crippen LogP contribution in [0.15, 0.2) is 12.2 Å². The second-order valence-corrected chi connectivity index (χ2v) is 2.63. The number of carbonyl (C=O) groups excluding carboxylic acids is 1. The van der Waals surface area contributed by atoms with Gasteiger partial charge in [0.1, 0.15) is 5.44 Å². The van der Waals surface area contributed by atoms with Crippen molar-refractivity contribution in [3.63, 3.8) is 0 Å². The maximum absolute atomic E-state index is 10.4. The normalized spacial score (nSPS) is 28.6. The second kappa shape index (κ2) is 2.33. The highest BCUT2D eigenvalue weighted by Crippen LogP contribution is 2.13. The molecule has 44 valence electrons. The van der Waals surface area contributed by atoms with E-state index in [9.17, 15) is 4.79 Å². The number of ketones is 1. The third kappa shape index (κ3) is 1.35. The lowest BCUT2D eigenvalue weighted by Crippen LogP contribution is -2.09. The number of aliphatic hydroxyl groups excluding tert-OH is 1. The summed E-state index contributed by atoms with van der Waals surface area (Å²) in [4.78, 5) is 10.4. The molecule has 0 bridgehead atoms. The van der Waals surface area contributed by atoms with Gasteiger partial charge in [0.25, 0.3) is 0 Å². The summed E-state index contributed by atoms with van der Waals surface area (Å²) in [5.74, 6) is 0.498. The fourth-order valence-electron chi connectivity index (χ4n) is 0.461. The molecule has 3 heteroatoms. The van der Waals surface area contributed by atoms with Crippen LogP contribution in [0, 0.1) is 0 Å². The van der Waals surface area contributed by atoms with Crippen LogP contribution in [0.4, 0.5) is 0 Å². The zero-order valence-corrected chi connectivity index (χ0v) is 5.02. The molecule has 1 heterocycles. The van der Waals surface area contributed by atoms with Crippen LogP contribution in [0.3, 0.4) is 0 Å². The van der Waals surface area contributed by atoms with E-state index in [1.807, 2.05) is 0 Å². The predicted molar refractivity (Wildman–Crippen MR) is 32.6 cm³/mol. The standard InChI is InChI=1S/C5H6O2S/c6-4-1-2-5(7)8-3-4/h1-2,5,7H,3H2. The molecule has 0 amide bonds. The van der Waals surface area contributed by atoms with E-state index >= 15 is 0 Å². The van der Waals surface area contributed by atoms with Crippen molar-refractivity contribution in [3.8, 4) is 0 Å². The van der Waals surface area contributed by atoms with Crippen LogP contribution in [-0.4, -0.2) is 22.1 Å². The molecular formula is C5H6O2S. The van der Waals surface area contributed by atoms with Crippen LogP contribution >= 0.6 is 11.8 Å². The van der Waals surface area contributed by atoms with Gasteiger partial charge in [-0.15, -0.1) is 11.8 Å². The zero-order valence-electron chi connectivity index (χ0n) is 4.20. The Bertz CT molecular complexity index is 130. The quantitative estimate of drug-likeness (QED) is 0.508. The Kier molecular flexibility index (Phi) is 1.70. The molecule has 1 atom stereocenters. The van der Waals surface area contributed by atoms with Crippen molar-refractivity contribution in [2.75, 3.05) is 5.75 Å². The average Bonchev–Trinajstić information content (AvgIpc) is 1.77. The van der Waals surface area contributed by atoms with Crippen LogP contribution in [0.1, 0.15) is 0 Å². The summed E-state index contributed by atoms with van der Waals surface area (Å²) in [6, 6.07) is 0. The summed E-state index contributed by atoms with van der Waals surface area (Å²) in [5, 5.41) is 8.75. The van der Waals surface area contributed by atoms with Crippen LogP contribution in [0.25, 0.3) is 0 Å². The first-order chi connectivity index (χ1) is 3.79. The Balaban J connectivity index is 2.55. The third-order valence-electron chi connectivity index (χ3n) is 0.843. The molecule has 0 aromatic carbocycles. The second-order valence-electron chi connectivity index (χ2n) is 1.53. The van der Waals surface area contributed by atoms with E-state index in [1.54, 1.807) is 0 Å². The largest absolute Gasteiger partial charge is 0.379 e. The van der Waals surface area contributed by atoms with Gasteiger partial charge >= 0.3 is 0 Å². The molecule has 0 fully saturated rings. The van der Waals surface area contributed by atoms with Crippen molar-refractivity contribution in [1.82, 2.24) is 0 Å². The SMILES string of the molecule is O=C1C=CC(O)SC1. The molecule has 1 rings (SSSR count). The monoisotopic (exact) mass is 130 g/mol. The molecular weight excluding hydrogens is 124 g/mol. The van der Waals surface area contributed by atoms with Crippen molar-refractivity contribution in [2.24, 2.45) is 0 Å². The molecule has 2 nitrogen and oxygen atoms in total. The third-order valence-corrected chi connectivity index (χ3v) is 1.79. The molecule has 1 N–H and O–H groups in total. The predicted octanol–water partition coefficient (Wildman–Crippen LogP) is 0.177. The zero-order chi connectivity index (χ0) is 5.98. The Hall–Kier alpha value is -0.280. The Morgan fingerprint density at radius 2 is 2.62 bits per heavy atom. The number of hydrogen-bond acceptors (Lipinski definition) is 3. The lowest BCUT2D eigenvalue weighted by Gasteiger charge is -2.06. The highest BCUT2D eigenvalue weighted by molar-refractivity contribution is 8.00. The number of thioether (sulfide) groups is 1. The van der Waals surface area contributed by atoms with Gasteiger partial charge in [0.2, 0.25) is 0 Å². The Morgan fingerprint density at radius 3 is 3.00 bits per heavy atom. The van der Waals surface area contributed by atoms with E-state index in [1.165, 1.54) is 23.9 Å². The van der Waals surface area contributed by atoms with E-state index in [0.717, 1.165) is 0 Å². The molecule has 1 unspecified atom stereocenters. The van der Waals surface area contributed by atoms with Crippen LogP contribution in [0.2, 0.25) is 0 Å². The molecule has 8 heavy (non-hydrogen) atoms. The first-order valence-corrected chi connectivity index (χ1v) is 3.34. The van der Waals surface area contributed by atoms with Crippen molar-refractivity contribution in [3.05, 3.63) is 12.2 Å². The van der Waals surface area contributed by atoms with Gasteiger partial charge in [0, 0.05) is 0 Å².